The molecule has 0 saturated heterocycles. The Morgan fingerprint density at radius 1 is 1.47 bits per heavy atom. The summed E-state index contributed by atoms with van der Waals surface area (Å²) in [5, 5.41) is 3.00. The maximum absolute atomic E-state index is 12.1. The average Bonchev–Trinajstić information content (AvgIpc) is 2.38. The van der Waals surface area contributed by atoms with Crippen molar-refractivity contribution in [2.45, 2.75) is 18.7 Å². The fraction of sp³-hybridized carbons (Fsp3) is 0.583. The van der Waals surface area contributed by atoms with Gasteiger partial charge in [-0.1, -0.05) is 6.92 Å². The normalized spacial score (nSPS) is 13.2. The van der Waals surface area contributed by atoms with Gasteiger partial charge in [-0.15, -0.1) is 0 Å². The predicted octanol–water partition coefficient (Wildman–Crippen LogP) is 1.79. The molecule has 1 atom stereocenters. The van der Waals surface area contributed by atoms with Crippen molar-refractivity contribution in [1.29, 1.82) is 0 Å². The molecule has 0 aliphatic carbocycles. The van der Waals surface area contributed by atoms with Gasteiger partial charge in [0.05, 0.1) is 4.90 Å². The summed E-state index contributed by atoms with van der Waals surface area (Å²) in [5.74, 6) is 1.81. The summed E-state index contributed by atoms with van der Waals surface area (Å²) in [4.78, 5) is 4.31. The summed E-state index contributed by atoms with van der Waals surface area (Å²) in [7, 11) is -3.45. The van der Waals surface area contributed by atoms with E-state index in [0.29, 0.717) is 24.8 Å². The quantitative estimate of drug-likeness (QED) is 0.766. The lowest BCUT2D eigenvalue weighted by molar-refractivity contribution is 0.562. The van der Waals surface area contributed by atoms with Gasteiger partial charge in [-0.2, -0.15) is 11.8 Å². The van der Waals surface area contributed by atoms with E-state index in [0.717, 1.165) is 5.75 Å². The minimum Gasteiger partial charge on any atom is -0.370 e. The lowest BCUT2D eigenvalue weighted by Gasteiger charge is -2.12. The van der Waals surface area contributed by atoms with Crippen molar-refractivity contribution in [3.63, 3.8) is 0 Å². The van der Waals surface area contributed by atoms with Gasteiger partial charge < -0.3 is 5.32 Å². The summed E-state index contributed by atoms with van der Waals surface area (Å²) in [5.41, 5.74) is 0. The number of anilines is 1. The SMILES string of the molecule is CCNc1cc(S(=O)(=O)NCC(C)CSC)ccn1. The molecule has 0 aromatic carbocycles. The molecule has 1 aromatic rings. The molecular formula is C12H21N3O2S2. The van der Waals surface area contributed by atoms with Gasteiger partial charge in [0, 0.05) is 25.4 Å². The third-order valence-corrected chi connectivity index (χ3v) is 4.80. The highest BCUT2D eigenvalue weighted by Gasteiger charge is 2.15. The Morgan fingerprint density at radius 3 is 2.84 bits per heavy atom. The molecule has 0 bridgehead atoms. The van der Waals surface area contributed by atoms with Gasteiger partial charge in [0.15, 0.2) is 0 Å². The molecule has 0 radical (unpaired) electrons. The summed E-state index contributed by atoms with van der Waals surface area (Å²) >= 11 is 1.71. The van der Waals surface area contributed by atoms with Gasteiger partial charge in [-0.05, 0) is 30.9 Å². The first-order valence-corrected chi connectivity index (χ1v) is 9.05. The zero-order chi connectivity index (χ0) is 14.3. The minimum atomic E-state index is -3.45. The second kappa shape index (κ2) is 7.72. The van der Waals surface area contributed by atoms with Crippen molar-refractivity contribution in [2.24, 2.45) is 5.92 Å². The van der Waals surface area contributed by atoms with E-state index in [-0.39, 0.29) is 4.90 Å². The van der Waals surface area contributed by atoms with Crippen molar-refractivity contribution in [1.82, 2.24) is 9.71 Å². The molecule has 0 spiro atoms. The molecule has 7 heteroatoms. The molecule has 1 rings (SSSR count). The molecule has 1 unspecified atom stereocenters. The van der Waals surface area contributed by atoms with Gasteiger partial charge in [-0.3, -0.25) is 0 Å². The largest absolute Gasteiger partial charge is 0.370 e. The van der Waals surface area contributed by atoms with Crippen LogP contribution in [0.2, 0.25) is 0 Å². The molecule has 1 heterocycles. The molecule has 2 N–H and O–H groups in total. The van der Waals surface area contributed by atoms with E-state index in [4.69, 9.17) is 0 Å². The Bertz CT molecular complexity index is 492. The van der Waals surface area contributed by atoms with Crippen LogP contribution in [0.25, 0.3) is 0 Å². The Balaban J connectivity index is 2.74. The summed E-state index contributed by atoms with van der Waals surface area (Å²) in [6, 6.07) is 3.05. The fourth-order valence-electron chi connectivity index (χ4n) is 1.53. The molecule has 19 heavy (non-hydrogen) atoms. The van der Waals surface area contributed by atoms with E-state index in [1.807, 2.05) is 20.1 Å². The monoisotopic (exact) mass is 303 g/mol. The molecule has 0 saturated carbocycles. The van der Waals surface area contributed by atoms with Gasteiger partial charge in [-0.25, -0.2) is 18.1 Å². The number of rotatable bonds is 8. The predicted molar refractivity (Wildman–Crippen MR) is 81.1 cm³/mol. The fourth-order valence-corrected chi connectivity index (χ4v) is 3.40. The Kier molecular flexibility index (Phi) is 6.60. The third kappa shape index (κ3) is 5.38. The van der Waals surface area contributed by atoms with Crippen LogP contribution < -0.4 is 10.0 Å². The maximum atomic E-state index is 12.1. The van der Waals surface area contributed by atoms with Gasteiger partial charge >= 0.3 is 0 Å². The molecular weight excluding hydrogens is 282 g/mol. The summed E-state index contributed by atoms with van der Waals surface area (Å²) < 4.78 is 26.9. The number of hydrogen-bond donors (Lipinski definition) is 2. The number of sulfonamides is 1. The lowest BCUT2D eigenvalue weighted by Crippen LogP contribution is -2.29. The van der Waals surface area contributed by atoms with Gasteiger partial charge in [0.25, 0.3) is 0 Å². The van der Waals surface area contributed by atoms with Crippen molar-refractivity contribution in [2.75, 3.05) is 30.4 Å². The first-order valence-electron chi connectivity index (χ1n) is 6.18. The second-order valence-electron chi connectivity index (χ2n) is 4.32. The topological polar surface area (TPSA) is 71.1 Å². The van der Waals surface area contributed by atoms with Crippen LogP contribution in [0.1, 0.15) is 13.8 Å². The minimum absolute atomic E-state index is 0.245. The van der Waals surface area contributed by atoms with Crippen LogP contribution in [0, 0.1) is 5.92 Å². The third-order valence-electron chi connectivity index (χ3n) is 2.47. The van der Waals surface area contributed by atoms with Crippen LogP contribution in [0.15, 0.2) is 23.2 Å². The number of thioether (sulfide) groups is 1. The highest BCUT2D eigenvalue weighted by molar-refractivity contribution is 7.98. The number of nitrogens with zero attached hydrogens (tertiary/aromatic N) is 1. The average molecular weight is 303 g/mol. The van der Waals surface area contributed by atoms with Crippen molar-refractivity contribution < 1.29 is 8.42 Å². The van der Waals surface area contributed by atoms with Gasteiger partial charge in [0.1, 0.15) is 5.82 Å². The van der Waals surface area contributed by atoms with Crippen LogP contribution in [-0.2, 0) is 10.0 Å². The van der Waals surface area contributed by atoms with E-state index < -0.39 is 10.0 Å². The first kappa shape index (κ1) is 16.3. The molecule has 1 aromatic heterocycles. The second-order valence-corrected chi connectivity index (χ2v) is 7.00. The molecule has 0 amide bonds. The number of aromatic nitrogens is 1. The van der Waals surface area contributed by atoms with E-state index in [1.54, 1.807) is 17.8 Å². The smallest absolute Gasteiger partial charge is 0.240 e. The van der Waals surface area contributed by atoms with E-state index in [1.165, 1.54) is 12.3 Å². The zero-order valence-electron chi connectivity index (χ0n) is 11.5. The van der Waals surface area contributed by atoms with E-state index in [9.17, 15) is 8.42 Å². The van der Waals surface area contributed by atoms with E-state index in [2.05, 4.69) is 15.0 Å². The summed E-state index contributed by atoms with van der Waals surface area (Å²) in [6.07, 6.45) is 3.51. The molecule has 0 aliphatic rings. The lowest BCUT2D eigenvalue weighted by atomic mass is 10.2. The van der Waals surface area contributed by atoms with Gasteiger partial charge in [0.2, 0.25) is 10.0 Å². The molecule has 108 valence electrons. The van der Waals surface area contributed by atoms with Crippen LogP contribution in [-0.4, -0.2) is 38.5 Å². The zero-order valence-corrected chi connectivity index (χ0v) is 13.1. The van der Waals surface area contributed by atoms with Crippen LogP contribution >= 0.6 is 11.8 Å². The highest BCUT2D eigenvalue weighted by atomic mass is 32.2. The van der Waals surface area contributed by atoms with Crippen molar-refractivity contribution >= 4 is 27.6 Å². The van der Waals surface area contributed by atoms with E-state index >= 15 is 0 Å². The molecule has 5 nitrogen and oxygen atoms in total. The molecule has 0 aliphatic heterocycles. The standard InChI is InChI=1S/C12H21N3O2S2/c1-4-13-12-7-11(5-6-14-12)19(16,17)15-8-10(2)9-18-3/h5-7,10,15H,4,8-9H2,1-3H3,(H,13,14). The maximum Gasteiger partial charge on any atom is 0.240 e. The van der Waals surface area contributed by atoms with Crippen LogP contribution in [0.5, 0.6) is 0 Å². The highest BCUT2D eigenvalue weighted by Crippen LogP contribution is 2.13. The summed E-state index contributed by atoms with van der Waals surface area (Å²) in [6.45, 7) is 5.11. The van der Waals surface area contributed by atoms with Crippen LogP contribution in [0.4, 0.5) is 5.82 Å². The number of nitrogens with one attached hydrogen (secondary N) is 2. The molecule has 0 fully saturated rings. The Hall–Kier alpha value is -0.790. The first-order chi connectivity index (χ1) is 8.99. The van der Waals surface area contributed by atoms with Crippen LogP contribution in [0.3, 0.4) is 0 Å². The van der Waals surface area contributed by atoms with Crippen molar-refractivity contribution in [3.8, 4) is 0 Å². The Morgan fingerprint density at radius 2 is 2.21 bits per heavy atom. The number of hydrogen-bond acceptors (Lipinski definition) is 5. The van der Waals surface area contributed by atoms with Crippen molar-refractivity contribution in [3.05, 3.63) is 18.3 Å². The number of pyridine rings is 1. The Labute approximate surface area is 119 Å².